The zero-order valence-electron chi connectivity index (χ0n) is 14.6. The summed E-state index contributed by atoms with van der Waals surface area (Å²) in [6.45, 7) is 10.6. The summed E-state index contributed by atoms with van der Waals surface area (Å²) >= 11 is 0. The number of rotatable bonds is 9. The number of carbonyl (C=O) groups is 1. The predicted octanol–water partition coefficient (Wildman–Crippen LogP) is 1.99. The molecule has 1 heterocycles. The number of carbonyl (C=O) groups excluding carboxylic acids is 1. The summed E-state index contributed by atoms with van der Waals surface area (Å²) in [6, 6.07) is 3.56. The van der Waals surface area contributed by atoms with Gasteiger partial charge in [-0.1, -0.05) is 13.8 Å². The van der Waals surface area contributed by atoms with Gasteiger partial charge < -0.3 is 9.73 Å². The summed E-state index contributed by atoms with van der Waals surface area (Å²) in [6.07, 6.45) is 1.60. The van der Waals surface area contributed by atoms with Crippen molar-refractivity contribution in [3.05, 3.63) is 24.2 Å². The fourth-order valence-corrected chi connectivity index (χ4v) is 3.65. The Morgan fingerprint density at radius 2 is 1.87 bits per heavy atom. The Balaban J connectivity index is 2.81. The van der Waals surface area contributed by atoms with Gasteiger partial charge in [0.25, 0.3) is 0 Å². The molecule has 0 unspecified atom stereocenters. The number of hydrogen-bond donors (Lipinski definition) is 1. The second-order valence-corrected chi connectivity index (χ2v) is 8.61. The lowest BCUT2D eigenvalue weighted by Gasteiger charge is -2.28. The van der Waals surface area contributed by atoms with Crippen LogP contribution in [-0.4, -0.2) is 49.4 Å². The quantitative estimate of drug-likeness (QED) is 0.741. The normalized spacial score (nSPS) is 14.9. The third-order valence-corrected chi connectivity index (χ3v) is 6.63. The van der Waals surface area contributed by atoms with Crippen LogP contribution in [0.1, 0.15) is 46.4 Å². The maximum Gasteiger partial charge on any atom is 0.238 e. The molecule has 0 saturated carbocycles. The summed E-state index contributed by atoms with van der Waals surface area (Å²) in [5.41, 5.74) is 0. The lowest BCUT2D eigenvalue weighted by molar-refractivity contribution is -0.120. The topological polar surface area (TPSA) is 79.6 Å². The number of sulfone groups is 1. The molecule has 1 aromatic rings. The molecule has 2 atom stereocenters. The van der Waals surface area contributed by atoms with E-state index in [2.05, 4.69) is 10.2 Å². The zero-order valence-corrected chi connectivity index (χ0v) is 15.4. The van der Waals surface area contributed by atoms with Crippen molar-refractivity contribution in [2.24, 2.45) is 0 Å². The molecule has 0 saturated heterocycles. The molecule has 0 radical (unpaired) electrons. The van der Waals surface area contributed by atoms with Crippen LogP contribution < -0.4 is 5.32 Å². The summed E-state index contributed by atoms with van der Waals surface area (Å²) in [4.78, 5) is 14.4. The molecule has 0 spiro atoms. The molecule has 1 rings (SSSR count). The van der Waals surface area contributed by atoms with Crippen molar-refractivity contribution in [1.29, 1.82) is 0 Å². The maximum atomic E-state index is 12.2. The highest BCUT2D eigenvalue weighted by molar-refractivity contribution is 7.93. The molecular formula is C16H28N2O4S. The van der Waals surface area contributed by atoms with E-state index in [-0.39, 0.29) is 6.04 Å². The zero-order chi connectivity index (χ0) is 17.6. The Hall–Kier alpha value is -1.34. The van der Waals surface area contributed by atoms with Gasteiger partial charge in [0.1, 0.15) is 11.0 Å². The molecule has 1 amide bonds. The molecule has 7 heteroatoms. The van der Waals surface area contributed by atoms with Crippen LogP contribution in [0.5, 0.6) is 0 Å². The van der Waals surface area contributed by atoms with E-state index in [9.17, 15) is 13.2 Å². The molecule has 1 aromatic heterocycles. The minimum Gasteiger partial charge on any atom is -0.468 e. The molecule has 6 nitrogen and oxygen atoms in total. The average molecular weight is 344 g/mol. The van der Waals surface area contributed by atoms with Crippen molar-refractivity contribution in [2.75, 3.05) is 19.6 Å². The van der Waals surface area contributed by atoms with Crippen LogP contribution in [0.4, 0.5) is 0 Å². The van der Waals surface area contributed by atoms with Gasteiger partial charge in [0.15, 0.2) is 9.84 Å². The fraction of sp³-hybridized carbons (Fsp3) is 0.688. The highest BCUT2D eigenvalue weighted by atomic mass is 32.2. The van der Waals surface area contributed by atoms with Gasteiger partial charge in [0.2, 0.25) is 5.91 Å². The predicted molar refractivity (Wildman–Crippen MR) is 90.9 cm³/mol. The van der Waals surface area contributed by atoms with Crippen molar-refractivity contribution in [3.63, 3.8) is 0 Å². The molecule has 132 valence electrons. The maximum absolute atomic E-state index is 12.2. The molecule has 0 aliphatic heterocycles. The van der Waals surface area contributed by atoms with Crippen molar-refractivity contribution in [3.8, 4) is 0 Å². The highest BCUT2D eigenvalue weighted by Crippen LogP contribution is 2.20. The Kier molecular flexibility index (Phi) is 7.28. The first-order valence-electron chi connectivity index (χ1n) is 8.03. The van der Waals surface area contributed by atoms with E-state index < -0.39 is 26.2 Å². The Bertz CT molecular complexity index is 577. The van der Waals surface area contributed by atoms with E-state index in [1.165, 1.54) is 6.92 Å². The Labute approximate surface area is 139 Å². The molecule has 0 bridgehead atoms. The van der Waals surface area contributed by atoms with Crippen molar-refractivity contribution in [2.45, 2.75) is 51.2 Å². The first kappa shape index (κ1) is 19.7. The first-order chi connectivity index (χ1) is 10.8. The lowest BCUT2D eigenvalue weighted by atomic mass is 10.2. The number of hydrogen-bond acceptors (Lipinski definition) is 5. The number of furan rings is 1. The van der Waals surface area contributed by atoms with Gasteiger partial charge in [0, 0.05) is 6.54 Å². The van der Waals surface area contributed by atoms with Gasteiger partial charge in [-0.25, -0.2) is 8.42 Å². The second-order valence-electron chi connectivity index (χ2n) is 5.78. The van der Waals surface area contributed by atoms with E-state index in [0.717, 1.165) is 18.8 Å². The molecule has 23 heavy (non-hydrogen) atoms. The SMILES string of the molecule is CCN(CC)[C@@H](CNC(=O)[C@H](C)S(=O)(=O)C(C)C)c1ccco1. The third-order valence-electron chi connectivity index (χ3n) is 4.11. The molecule has 0 aliphatic rings. The van der Waals surface area contributed by atoms with Crippen LogP contribution in [-0.2, 0) is 14.6 Å². The van der Waals surface area contributed by atoms with E-state index >= 15 is 0 Å². The minimum atomic E-state index is -3.46. The van der Waals surface area contributed by atoms with Gasteiger partial charge in [-0.05, 0) is 46.0 Å². The molecule has 1 N–H and O–H groups in total. The Morgan fingerprint density at radius 3 is 2.30 bits per heavy atom. The van der Waals surface area contributed by atoms with Crippen molar-refractivity contribution in [1.82, 2.24) is 10.2 Å². The fourth-order valence-electron chi connectivity index (χ4n) is 2.45. The standard InChI is InChI=1S/C16H28N2O4S/c1-6-18(7-2)14(15-9-8-10-22-15)11-17-16(19)13(5)23(20,21)12(3)4/h8-10,12-14H,6-7,11H2,1-5H3,(H,17,19)/t13-,14-/m0/s1. The molecule has 0 fully saturated rings. The van der Waals surface area contributed by atoms with E-state index in [4.69, 9.17) is 4.42 Å². The number of nitrogens with one attached hydrogen (secondary N) is 1. The smallest absolute Gasteiger partial charge is 0.238 e. The highest BCUT2D eigenvalue weighted by Gasteiger charge is 2.31. The van der Waals surface area contributed by atoms with Crippen molar-refractivity contribution >= 4 is 15.7 Å². The summed E-state index contributed by atoms with van der Waals surface area (Å²) in [5, 5.41) is 1.13. The van der Waals surface area contributed by atoms with Crippen LogP contribution in [0.15, 0.2) is 22.8 Å². The first-order valence-corrected chi connectivity index (χ1v) is 9.64. The van der Waals surface area contributed by atoms with E-state index in [1.54, 1.807) is 26.2 Å². The number of likely N-dealkylation sites (N-methyl/N-ethyl adjacent to an activating group) is 1. The number of amides is 1. The van der Waals surface area contributed by atoms with Gasteiger partial charge in [0.05, 0.1) is 17.6 Å². The van der Waals surface area contributed by atoms with Crippen LogP contribution >= 0.6 is 0 Å². The summed E-state index contributed by atoms with van der Waals surface area (Å²) < 4.78 is 29.7. The minimum absolute atomic E-state index is 0.113. The molecule has 0 aromatic carbocycles. The van der Waals surface area contributed by atoms with Crippen molar-refractivity contribution < 1.29 is 17.6 Å². The second kappa shape index (κ2) is 8.49. The van der Waals surface area contributed by atoms with Crippen LogP contribution in [0.3, 0.4) is 0 Å². The largest absolute Gasteiger partial charge is 0.468 e. The average Bonchev–Trinajstić information content (AvgIpc) is 3.04. The van der Waals surface area contributed by atoms with Gasteiger partial charge in [-0.15, -0.1) is 0 Å². The number of nitrogens with zero attached hydrogens (tertiary/aromatic N) is 1. The molecule has 0 aliphatic carbocycles. The van der Waals surface area contributed by atoms with E-state index in [1.807, 2.05) is 19.9 Å². The van der Waals surface area contributed by atoms with Crippen LogP contribution in [0, 0.1) is 0 Å². The summed E-state index contributed by atoms with van der Waals surface area (Å²) in [7, 11) is -3.46. The van der Waals surface area contributed by atoms with Gasteiger partial charge in [-0.3, -0.25) is 9.69 Å². The van der Waals surface area contributed by atoms with Gasteiger partial charge in [-0.2, -0.15) is 0 Å². The Morgan fingerprint density at radius 1 is 1.26 bits per heavy atom. The van der Waals surface area contributed by atoms with E-state index in [0.29, 0.717) is 6.54 Å². The van der Waals surface area contributed by atoms with Crippen LogP contribution in [0.2, 0.25) is 0 Å². The third kappa shape index (κ3) is 4.81. The van der Waals surface area contributed by atoms with Gasteiger partial charge >= 0.3 is 0 Å². The molecular weight excluding hydrogens is 316 g/mol. The lowest BCUT2D eigenvalue weighted by Crippen LogP contribution is -2.44. The van der Waals surface area contributed by atoms with Crippen LogP contribution in [0.25, 0.3) is 0 Å². The summed E-state index contributed by atoms with van der Waals surface area (Å²) in [5.74, 6) is 0.288. The monoisotopic (exact) mass is 344 g/mol.